The fourth-order valence-electron chi connectivity index (χ4n) is 1.65. The summed E-state index contributed by atoms with van der Waals surface area (Å²) in [5.74, 6) is 0. The van der Waals surface area contributed by atoms with Crippen molar-refractivity contribution in [2.75, 3.05) is 11.9 Å². The molecule has 18 heavy (non-hydrogen) atoms. The zero-order valence-corrected chi connectivity index (χ0v) is 13.1. The maximum atomic E-state index is 5.87. The summed E-state index contributed by atoms with van der Waals surface area (Å²) in [4.78, 5) is 2.50. The lowest BCUT2D eigenvalue weighted by Gasteiger charge is -2.16. The topological polar surface area (TPSA) is 38.0 Å². The van der Waals surface area contributed by atoms with Crippen molar-refractivity contribution in [3.05, 3.63) is 49.6 Å². The molecule has 2 rings (SSSR count). The molecule has 96 valence electrons. The van der Waals surface area contributed by atoms with E-state index in [0.29, 0.717) is 6.54 Å². The van der Waals surface area contributed by atoms with Gasteiger partial charge in [0.2, 0.25) is 0 Å². The van der Waals surface area contributed by atoms with E-state index in [1.54, 1.807) is 11.3 Å². The molecule has 2 aromatic rings. The van der Waals surface area contributed by atoms with Gasteiger partial charge < -0.3 is 11.1 Å². The number of benzene rings is 1. The predicted octanol–water partition coefficient (Wildman–Crippen LogP) is 4.58. The quantitative estimate of drug-likeness (QED) is 0.851. The van der Waals surface area contributed by atoms with Crippen molar-refractivity contribution in [3.63, 3.8) is 0 Å². The second-order valence-electron chi connectivity index (χ2n) is 3.99. The maximum absolute atomic E-state index is 5.87. The van der Waals surface area contributed by atoms with E-state index in [2.05, 4.69) is 34.2 Å². The van der Waals surface area contributed by atoms with Crippen molar-refractivity contribution >= 4 is 44.6 Å². The van der Waals surface area contributed by atoms with Gasteiger partial charge in [-0.15, -0.1) is 11.3 Å². The number of hydrogen-bond acceptors (Lipinski definition) is 3. The Bertz CT molecular complexity index is 505. The predicted molar refractivity (Wildman–Crippen MR) is 83.6 cm³/mol. The number of anilines is 1. The second-order valence-corrected chi connectivity index (χ2v) is 6.57. The molecule has 0 aliphatic rings. The first kappa shape index (κ1) is 13.9. The van der Waals surface area contributed by atoms with Crippen LogP contribution in [0.1, 0.15) is 15.8 Å². The Kier molecular flexibility index (Phi) is 4.67. The third kappa shape index (κ3) is 3.26. The van der Waals surface area contributed by atoms with Crippen molar-refractivity contribution in [1.29, 1.82) is 0 Å². The van der Waals surface area contributed by atoms with Gasteiger partial charge in [-0.2, -0.15) is 0 Å². The highest BCUT2D eigenvalue weighted by Gasteiger charge is 2.13. The van der Waals surface area contributed by atoms with Crippen LogP contribution in [0, 0.1) is 6.92 Å². The highest BCUT2D eigenvalue weighted by Crippen LogP contribution is 2.32. The Labute approximate surface area is 124 Å². The number of nitrogens with one attached hydrogen (secondary N) is 1. The first-order valence-corrected chi connectivity index (χ1v) is 7.57. The van der Waals surface area contributed by atoms with Gasteiger partial charge in [-0.1, -0.05) is 11.6 Å². The molecule has 1 atom stereocenters. The van der Waals surface area contributed by atoms with Crippen LogP contribution in [0.3, 0.4) is 0 Å². The Morgan fingerprint density at radius 2 is 2.06 bits per heavy atom. The molecule has 5 heteroatoms. The zero-order valence-electron chi connectivity index (χ0n) is 9.91. The normalized spacial score (nSPS) is 12.4. The van der Waals surface area contributed by atoms with Crippen LogP contribution in [0.5, 0.6) is 0 Å². The van der Waals surface area contributed by atoms with Gasteiger partial charge in [0.1, 0.15) is 0 Å². The molecule has 0 saturated carbocycles. The van der Waals surface area contributed by atoms with E-state index >= 15 is 0 Å². The molecule has 0 amide bonds. The molecule has 0 aliphatic heterocycles. The largest absolute Gasteiger partial charge is 0.376 e. The maximum Gasteiger partial charge on any atom is 0.0729 e. The van der Waals surface area contributed by atoms with Crippen molar-refractivity contribution < 1.29 is 0 Å². The molecular formula is C13H14BrClN2S. The van der Waals surface area contributed by atoms with E-state index in [0.717, 1.165) is 15.2 Å². The molecule has 1 heterocycles. The third-order valence-corrected chi connectivity index (χ3v) is 5.14. The van der Waals surface area contributed by atoms with Crippen LogP contribution < -0.4 is 11.1 Å². The standard InChI is InChI=1S/C13H14BrClN2S/c1-8-11(14)6-13(18-8)12(7-16)17-10-4-2-9(15)3-5-10/h2-6,12,17H,7,16H2,1H3. The SMILES string of the molecule is Cc1sc(C(CN)Nc2ccc(Cl)cc2)cc1Br. The van der Waals surface area contributed by atoms with Crippen molar-refractivity contribution in [1.82, 2.24) is 0 Å². The van der Waals surface area contributed by atoms with Crippen molar-refractivity contribution in [2.24, 2.45) is 5.73 Å². The van der Waals surface area contributed by atoms with Gasteiger partial charge >= 0.3 is 0 Å². The van der Waals surface area contributed by atoms with Gasteiger partial charge in [-0.3, -0.25) is 0 Å². The van der Waals surface area contributed by atoms with Crippen LogP contribution in [0.2, 0.25) is 5.02 Å². The molecule has 1 aromatic carbocycles. The number of thiophene rings is 1. The summed E-state index contributed by atoms with van der Waals surface area (Å²) in [5.41, 5.74) is 6.87. The molecule has 1 aromatic heterocycles. The number of halogens is 2. The van der Waals surface area contributed by atoms with E-state index < -0.39 is 0 Å². The number of hydrogen-bond donors (Lipinski definition) is 2. The molecule has 0 saturated heterocycles. The highest BCUT2D eigenvalue weighted by atomic mass is 79.9. The van der Waals surface area contributed by atoms with Crippen LogP contribution >= 0.6 is 38.9 Å². The average molecular weight is 346 g/mol. The summed E-state index contributed by atoms with van der Waals surface area (Å²) >= 11 is 11.2. The monoisotopic (exact) mass is 344 g/mol. The molecule has 2 nitrogen and oxygen atoms in total. The Balaban J connectivity index is 2.16. The minimum atomic E-state index is 0.126. The van der Waals surface area contributed by atoms with E-state index in [1.165, 1.54) is 9.75 Å². The van der Waals surface area contributed by atoms with Gasteiger partial charge in [0, 0.05) is 31.5 Å². The summed E-state index contributed by atoms with van der Waals surface area (Å²) < 4.78 is 1.14. The Hall–Kier alpha value is -0.550. The molecule has 0 radical (unpaired) electrons. The minimum absolute atomic E-state index is 0.126. The Morgan fingerprint density at radius 3 is 2.56 bits per heavy atom. The van der Waals surface area contributed by atoms with E-state index in [1.807, 2.05) is 24.3 Å². The molecule has 0 aliphatic carbocycles. The smallest absolute Gasteiger partial charge is 0.0729 e. The second kappa shape index (κ2) is 6.06. The lowest BCUT2D eigenvalue weighted by Crippen LogP contribution is -2.19. The summed E-state index contributed by atoms with van der Waals surface area (Å²) in [6.45, 7) is 2.64. The average Bonchev–Trinajstić information content (AvgIpc) is 2.69. The van der Waals surface area contributed by atoms with Crippen LogP contribution in [0.15, 0.2) is 34.8 Å². The highest BCUT2D eigenvalue weighted by molar-refractivity contribution is 9.10. The number of aryl methyl sites for hydroxylation is 1. The minimum Gasteiger partial charge on any atom is -0.376 e. The molecule has 0 spiro atoms. The molecule has 1 unspecified atom stereocenters. The molecule has 0 fully saturated rings. The van der Waals surface area contributed by atoms with Crippen LogP contribution in [-0.2, 0) is 0 Å². The fourth-order valence-corrected chi connectivity index (χ4v) is 3.40. The van der Waals surface area contributed by atoms with E-state index in [-0.39, 0.29) is 6.04 Å². The summed E-state index contributed by atoms with van der Waals surface area (Å²) in [6.07, 6.45) is 0. The summed E-state index contributed by atoms with van der Waals surface area (Å²) in [7, 11) is 0. The van der Waals surface area contributed by atoms with Crippen molar-refractivity contribution in [2.45, 2.75) is 13.0 Å². The van der Waals surface area contributed by atoms with Gasteiger partial charge in [0.15, 0.2) is 0 Å². The number of nitrogens with two attached hydrogens (primary N) is 1. The van der Waals surface area contributed by atoms with E-state index in [4.69, 9.17) is 17.3 Å². The third-order valence-electron chi connectivity index (χ3n) is 2.64. The van der Waals surface area contributed by atoms with Gasteiger partial charge in [-0.25, -0.2) is 0 Å². The lowest BCUT2D eigenvalue weighted by atomic mass is 10.2. The summed E-state index contributed by atoms with van der Waals surface area (Å²) in [5, 5.41) is 4.15. The van der Waals surface area contributed by atoms with E-state index in [9.17, 15) is 0 Å². The molecular weight excluding hydrogens is 332 g/mol. The summed E-state index contributed by atoms with van der Waals surface area (Å²) in [6, 6.07) is 9.91. The van der Waals surface area contributed by atoms with Crippen LogP contribution in [0.4, 0.5) is 5.69 Å². The van der Waals surface area contributed by atoms with Crippen LogP contribution in [-0.4, -0.2) is 6.54 Å². The van der Waals surface area contributed by atoms with Gasteiger partial charge in [-0.05, 0) is 53.2 Å². The first-order valence-electron chi connectivity index (χ1n) is 5.58. The van der Waals surface area contributed by atoms with Gasteiger partial charge in [0.25, 0.3) is 0 Å². The Morgan fingerprint density at radius 1 is 1.39 bits per heavy atom. The van der Waals surface area contributed by atoms with Gasteiger partial charge in [0.05, 0.1) is 6.04 Å². The zero-order chi connectivity index (χ0) is 13.1. The molecule has 0 bridgehead atoms. The van der Waals surface area contributed by atoms with Crippen LogP contribution in [0.25, 0.3) is 0 Å². The lowest BCUT2D eigenvalue weighted by molar-refractivity contribution is 0.805. The van der Waals surface area contributed by atoms with Crippen molar-refractivity contribution in [3.8, 4) is 0 Å². The first-order chi connectivity index (χ1) is 8.60. The number of rotatable bonds is 4. The fraction of sp³-hybridized carbons (Fsp3) is 0.231. The molecule has 3 N–H and O–H groups in total.